The molecule has 3 rings (SSSR count). The van der Waals surface area contributed by atoms with Gasteiger partial charge in [0.1, 0.15) is 0 Å². The van der Waals surface area contributed by atoms with Gasteiger partial charge >= 0.3 is 12.1 Å². The Morgan fingerprint density at radius 1 is 0.921 bits per heavy atom. The molecular weight excluding hydrogens is 527 g/mol. The third-order valence-corrected chi connectivity index (χ3v) is 6.47. The number of amides is 2. The van der Waals surface area contributed by atoms with E-state index in [0.717, 1.165) is 16.7 Å². The van der Waals surface area contributed by atoms with Crippen molar-refractivity contribution in [2.24, 2.45) is 0 Å². The fraction of sp³-hybridized carbons (Fsp3) is 0.276. The van der Waals surface area contributed by atoms with Crippen LogP contribution in [0.3, 0.4) is 0 Å². The summed E-state index contributed by atoms with van der Waals surface area (Å²) in [6.07, 6.45) is -0.746. The Balaban J connectivity index is 1.61. The van der Waals surface area contributed by atoms with Crippen molar-refractivity contribution in [1.82, 2.24) is 0 Å². The highest BCUT2D eigenvalue weighted by Crippen LogP contribution is 2.32. The SMILES string of the molecule is CCN(C(=O)OCC(=O)Nc1ccc(-c2ccc(CC(=O)O)cc2)cc1Cl)c1ccc(C(C)(C)C)cc1Cl. The van der Waals surface area contributed by atoms with Crippen LogP contribution in [0.2, 0.25) is 10.0 Å². The Morgan fingerprint density at radius 2 is 1.58 bits per heavy atom. The van der Waals surface area contributed by atoms with Crippen molar-refractivity contribution in [2.45, 2.75) is 39.5 Å². The minimum atomic E-state index is -0.896. The van der Waals surface area contributed by atoms with Crippen molar-refractivity contribution >= 4 is 52.5 Å². The van der Waals surface area contributed by atoms with Crippen molar-refractivity contribution in [3.05, 3.63) is 81.8 Å². The Morgan fingerprint density at radius 3 is 2.13 bits per heavy atom. The molecule has 0 aliphatic carbocycles. The third-order valence-electron chi connectivity index (χ3n) is 5.85. The molecular formula is C29H30Cl2N2O5. The molecule has 7 nitrogen and oxygen atoms in total. The molecule has 0 radical (unpaired) electrons. The minimum Gasteiger partial charge on any atom is -0.481 e. The molecule has 0 saturated heterocycles. The number of carbonyl (C=O) groups is 3. The third kappa shape index (κ3) is 7.49. The monoisotopic (exact) mass is 556 g/mol. The summed E-state index contributed by atoms with van der Waals surface area (Å²) in [5.41, 5.74) is 4.15. The number of carboxylic acids is 1. The molecule has 2 N–H and O–H groups in total. The van der Waals surface area contributed by atoms with Gasteiger partial charge in [-0.2, -0.15) is 0 Å². The lowest BCUT2D eigenvalue weighted by atomic mass is 9.87. The maximum atomic E-state index is 12.7. The average molecular weight is 557 g/mol. The average Bonchev–Trinajstić information content (AvgIpc) is 2.85. The first-order valence-electron chi connectivity index (χ1n) is 12.0. The van der Waals surface area contributed by atoms with E-state index in [4.69, 9.17) is 33.0 Å². The van der Waals surface area contributed by atoms with E-state index in [0.29, 0.717) is 33.5 Å². The highest BCUT2D eigenvalue weighted by Gasteiger charge is 2.22. The van der Waals surface area contributed by atoms with Crippen LogP contribution >= 0.6 is 23.2 Å². The molecule has 0 atom stereocenters. The molecule has 0 aliphatic heterocycles. The van der Waals surface area contributed by atoms with Crippen molar-refractivity contribution in [2.75, 3.05) is 23.4 Å². The van der Waals surface area contributed by atoms with Crippen LogP contribution < -0.4 is 10.2 Å². The first-order chi connectivity index (χ1) is 17.9. The standard InChI is InChI=1S/C29H30Cl2N2O5/c1-5-33(25-13-11-21(16-23(25)31)29(2,3)4)28(37)38-17-26(34)32-24-12-10-20(15-22(24)30)19-8-6-18(7-9-19)14-27(35)36/h6-13,15-16H,5,14,17H2,1-4H3,(H,32,34)(H,35,36). The van der Waals surface area contributed by atoms with Gasteiger partial charge in [-0.25, -0.2) is 4.79 Å². The summed E-state index contributed by atoms with van der Waals surface area (Å²) in [5.74, 6) is -1.44. The molecule has 0 bridgehead atoms. The van der Waals surface area contributed by atoms with Gasteiger partial charge in [0, 0.05) is 6.54 Å². The number of rotatable bonds is 8. The normalized spacial score (nSPS) is 11.1. The zero-order valence-corrected chi connectivity index (χ0v) is 23.2. The molecule has 0 heterocycles. The number of halogens is 2. The predicted octanol–water partition coefficient (Wildman–Crippen LogP) is 7.19. The molecule has 0 aromatic heterocycles. The fourth-order valence-corrected chi connectivity index (χ4v) is 4.28. The highest BCUT2D eigenvalue weighted by molar-refractivity contribution is 6.34. The molecule has 0 unspecified atom stereocenters. The van der Waals surface area contributed by atoms with Gasteiger partial charge in [0.25, 0.3) is 5.91 Å². The molecule has 2 amide bonds. The summed E-state index contributed by atoms with van der Waals surface area (Å²) < 4.78 is 5.24. The number of nitrogens with zero attached hydrogens (tertiary/aromatic N) is 1. The van der Waals surface area contributed by atoms with E-state index in [1.807, 2.05) is 24.3 Å². The van der Waals surface area contributed by atoms with Gasteiger partial charge in [-0.1, -0.05) is 80.4 Å². The number of hydrogen-bond acceptors (Lipinski definition) is 4. The Hall–Kier alpha value is -3.55. The summed E-state index contributed by atoms with van der Waals surface area (Å²) in [7, 11) is 0. The molecule has 3 aromatic rings. The largest absolute Gasteiger partial charge is 0.481 e. The number of aliphatic carboxylic acids is 1. The van der Waals surface area contributed by atoms with E-state index in [9.17, 15) is 14.4 Å². The fourth-order valence-electron chi connectivity index (χ4n) is 3.77. The Labute approximate surface area is 232 Å². The number of anilines is 2. The van der Waals surface area contributed by atoms with E-state index < -0.39 is 24.6 Å². The zero-order chi connectivity index (χ0) is 28.0. The number of carbonyl (C=O) groups excluding carboxylic acids is 2. The van der Waals surface area contributed by atoms with Gasteiger partial charge in [-0.3, -0.25) is 14.5 Å². The molecule has 0 aliphatic rings. The van der Waals surface area contributed by atoms with Gasteiger partial charge in [0.15, 0.2) is 6.61 Å². The van der Waals surface area contributed by atoms with Crippen LogP contribution in [-0.2, 0) is 26.2 Å². The van der Waals surface area contributed by atoms with Crippen LogP contribution in [-0.4, -0.2) is 36.2 Å². The summed E-state index contributed by atoms with van der Waals surface area (Å²) >= 11 is 12.8. The van der Waals surface area contributed by atoms with Crippen molar-refractivity contribution in [3.63, 3.8) is 0 Å². The first-order valence-corrected chi connectivity index (χ1v) is 12.8. The summed E-state index contributed by atoms with van der Waals surface area (Å²) in [5, 5.41) is 12.3. The number of hydrogen-bond donors (Lipinski definition) is 2. The molecule has 0 saturated carbocycles. The maximum absolute atomic E-state index is 12.7. The second-order valence-electron chi connectivity index (χ2n) is 9.73. The van der Waals surface area contributed by atoms with Crippen LogP contribution in [0.1, 0.15) is 38.8 Å². The maximum Gasteiger partial charge on any atom is 0.414 e. The number of nitrogens with one attached hydrogen (secondary N) is 1. The molecule has 9 heteroatoms. The summed E-state index contributed by atoms with van der Waals surface area (Å²) in [6, 6.07) is 17.7. The smallest absolute Gasteiger partial charge is 0.414 e. The van der Waals surface area contributed by atoms with Crippen LogP contribution in [0.4, 0.5) is 16.2 Å². The Bertz CT molecular complexity index is 1330. The minimum absolute atomic E-state index is 0.0525. The lowest BCUT2D eigenvalue weighted by Gasteiger charge is -2.24. The number of carboxylic acid groups (broad SMARTS) is 1. The zero-order valence-electron chi connectivity index (χ0n) is 21.7. The highest BCUT2D eigenvalue weighted by atomic mass is 35.5. The quantitative estimate of drug-likeness (QED) is 0.306. The molecule has 0 spiro atoms. The van der Waals surface area contributed by atoms with Crippen molar-refractivity contribution in [1.29, 1.82) is 0 Å². The second-order valence-corrected chi connectivity index (χ2v) is 10.5. The van der Waals surface area contributed by atoms with E-state index in [-0.39, 0.29) is 11.8 Å². The Kier molecular flexibility index (Phi) is 9.41. The van der Waals surface area contributed by atoms with Gasteiger partial charge in [-0.05, 0) is 58.9 Å². The van der Waals surface area contributed by atoms with Crippen LogP contribution in [0.15, 0.2) is 60.7 Å². The van der Waals surface area contributed by atoms with Crippen LogP contribution in [0.5, 0.6) is 0 Å². The van der Waals surface area contributed by atoms with E-state index in [1.165, 1.54) is 4.90 Å². The summed E-state index contributed by atoms with van der Waals surface area (Å²) in [4.78, 5) is 37.4. The van der Waals surface area contributed by atoms with Crippen LogP contribution in [0.25, 0.3) is 11.1 Å². The van der Waals surface area contributed by atoms with E-state index in [2.05, 4.69) is 26.1 Å². The van der Waals surface area contributed by atoms with Crippen molar-refractivity contribution < 1.29 is 24.2 Å². The summed E-state index contributed by atoms with van der Waals surface area (Å²) in [6.45, 7) is 7.81. The second kappa shape index (κ2) is 12.3. The van der Waals surface area contributed by atoms with Gasteiger partial charge in [-0.15, -0.1) is 0 Å². The van der Waals surface area contributed by atoms with Crippen molar-refractivity contribution in [3.8, 4) is 11.1 Å². The topological polar surface area (TPSA) is 95.9 Å². The molecule has 3 aromatic carbocycles. The lowest BCUT2D eigenvalue weighted by molar-refractivity contribution is -0.136. The van der Waals surface area contributed by atoms with Crippen LogP contribution in [0, 0.1) is 0 Å². The van der Waals surface area contributed by atoms with Gasteiger partial charge in [0.05, 0.1) is 27.8 Å². The molecule has 0 fully saturated rings. The van der Waals surface area contributed by atoms with E-state index >= 15 is 0 Å². The molecule has 200 valence electrons. The first kappa shape index (κ1) is 29.0. The van der Waals surface area contributed by atoms with E-state index in [1.54, 1.807) is 43.3 Å². The predicted molar refractivity (Wildman–Crippen MR) is 151 cm³/mol. The number of benzene rings is 3. The van der Waals surface area contributed by atoms with Gasteiger partial charge in [0.2, 0.25) is 0 Å². The van der Waals surface area contributed by atoms with Gasteiger partial charge < -0.3 is 15.2 Å². The lowest BCUT2D eigenvalue weighted by Crippen LogP contribution is -2.34. The number of ether oxygens (including phenoxy) is 1. The molecule has 38 heavy (non-hydrogen) atoms.